The maximum absolute atomic E-state index is 10.6. The summed E-state index contributed by atoms with van der Waals surface area (Å²) < 4.78 is 5.93. The Kier molecular flexibility index (Phi) is 4.92. The second-order valence-electron chi connectivity index (χ2n) is 3.51. The van der Waals surface area contributed by atoms with Crippen LogP contribution in [-0.4, -0.2) is 24.2 Å². The van der Waals surface area contributed by atoms with Gasteiger partial charge in [0.1, 0.15) is 6.04 Å². The first-order valence-electron chi connectivity index (χ1n) is 4.79. The van der Waals surface area contributed by atoms with E-state index in [-0.39, 0.29) is 0 Å². The quantitative estimate of drug-likeness (QED) is 0.862. The van der Waals surface area contributed by atoms with Crippen molar-refractivity contribution in [3.05, 3.63) is 33.8 Å². The van der Waals surface area contributed by atoms with Crippen molar-refractivity contribution in [2.45, 2.75) is 19.1 Å². The summed E-state index contributed by atoms with van der Waals surface area (Å²) >= 11 is 3.41. The zero-order valence-electron chi connectivity index (χ0n) is 8.94. The molecule has 0 spiro atoms. The van der Waals surface area contributed by atoms with Gasteiger partial charge in [-0.25, -0.2) is 0 Å². The summed E-state index contributed by atoms with van der Waals surface area (Å²) in [5, 5.41) is 8.69. The Morgan fingerprint density at radius 2 is 2.31 bits per heavy atom. The third kappa shape index (κ3) is 3.59. The molecule has 0 aliphatic carbocycles. The van der Waals surface area contributed by atoms with Gasteiger partial charge in [-0.2, -0.15) is 0 Å². The van der Waals surface area contributed by atoms with Gasteiger partial charge in [0.05, 0.1) is 6.61 Å². The van der Waals surface area contributed by atoms with Gasteiger partial charge in [0.25, 0.3) is 0 Å². The lowest BCUT2D eigenvalue weighted by Gasteiger charge is -2.09. The Morgan fingerprint density at radius 3 is 2.81 bits per heavy atom. The maximum Gasteiger partial charge on any atom is 0.320 e. The fourth-order valence-corrected chi connectivity index (χ4v) is 1.87. The molecule has 1 rings (SSSR count). The number of carboxylic acid groups (broad SMARTS) is 1. The highest BCUT2D eigenvalue weighted by molar-refractivity contribution is 9.10. The first-order chi connectivity index (χ1) is 7.54. The van der Waals surface area contributed by atoms with Crippen molar-refractivity contribution >= 4 is 21.9 Å². The van der Waals surface area contributed by atoms with Crippen molar-refractivity contribution in [1.82, 2.24) is 0 Å². The van der Waals surface area contributed by atoms with Gasteiger partial charge in [-0.3, -0.25) is 4.79 Å². The first kappa shape index (κ1) is 13.2. The normalized spacial score (nSPS) is 12.4. The number of benzene rings is 1. The van der Waals surface area contributed by atoms with E-state index in [0.717, 1.165) is 15.6 Å². The third-order valence-corrected chi connectivity index (χ3v) is 2.93. The molecule has 0 radical (unpaired) electrons. The van der Waals surface area contributed by atoms with Crippen LogP contribution in [0.2, 0.25) is 0 Å². The minimum Gasteiger partial charge on any atom is -0.480 e. The van der Waals surface area contributed by atoms with E-state index in [1.54, 1.807) is 7.11 Å². The molecular formula is C11H14BrNO3. The number of nitrogens with two attached hydrogens (primary N) is 1. The molecule has 5 heteroatoms. The van der Waals surface area contributed by atoms with E-state index in [9.17, 15) is 4.79 Å². The summed E-state index contributed by atoms with van der Waals surface area (Å²) in [5.74, 6) is -0.989. The molecule has 16 heavy (non-hydrogen) atoms. The number of hydrogen-bond donors (Lipinski definition) is 2. The van der Waals surface area contributed by atoms with Gasteiger partial charge in [0, 0.05) is 11.6 Å². The lowest BCUT2D eigenvalue weighted by Crippen LogP contribution is -2.32. The number of halogens is 1. The first-order valence-corrected chi connectivity index (χ1v) is 5.58. The second kappa shape index (κ2) is 5.98. The van der Waals surface area contributed by atoms with Crippen molar-refractivity contribution in [3.63, 3.8) is 0 Å². The molecule has 88 valence electrons. The van der Waals surface area contributed by atoms with Crippen molar-refractivity contribution in [1.29, 1.82) is 0 Å². The van der Waals surface area contributed by atoms with E-state index in [2.05, 4.69) is 15.9 Å². The van der Waals surface area contributed by atoms with Crippen LogP contribution >= 0.6 is 15.9 Å². The van der Waals surface area contributed by atoms with E-state index in [1.165, 1.54) is 0 Å². The van der Waals surface area contributed by atoms with Gasteiger partial charge in [-0.05, 0) is 23.6 Å². The van der Waals surface area contributed by atoms with Crippen molar-refractivity contribution in [2.75, 3.05) is 7.11 Å². The molecule has 0 aromatic heterocycles. The zero-order chi connectivity index (χ0) is 12.1. The standard InChI is InChI=1S/C11H14BrNO3/c1-16-6-8-3-2-7(4-9(8)12)5-10(13)11(14)15/h2-4,10H,5-6,13H2,1H3,(H,14,15). The van der Waals surface area contributed by atoms with E-state index in [4.69, 9.17) is 15.6 Å². The summed E-state index contributed by atoms with van der Waals surface area (Å²) in [5.41, 5.74) is 7.37. The lowest BCUT2D eigenvalue weighted by atomic mass is 10.1. The number of rotatable bonds is 5. The zero-order valence-corrected chi connectivity index (χ0v) is 10.5. The summed E-state index contributed by atoms with van der Waals surface area (Å²) in [4.78, 5) is 10.6. The van der Waals surface area contributed by atoms with Crippen LogP contribution in [0.1, 0.15) is 11.1 Å². The van der Waals surface area contributed by atoms with Gasteiger partial charge in [-0.1, -0.05) is 28.1 Å². The summed E-state index contributed by atoms with van der Waals surface area (Å²) in [6.45, 7) is 0.520. The molecule has 0 bridgehead atoms. The molecule has 0 aliphatic rings. The summed E-state index contributed by atoms with van der Waals surface area (Å²) in [6.07, 6.45) is 0.321. The Balaban J connectivity index is 2.77. The highest BCUT2D eigenvalue weighted by Crippen LogP contribution is 2.20. The molecule has 0 aliphatic heterocycles. The predicted octanol–water partition coefficient (Wildman–Crippen LogP) is 1.55. The van der Waals surface area contributed by atoms with Gasteiger partial charge in [-0.15, -0.1) is 0 Å². The van der Waals surface area contributed by atoms with E-state index in [0.29, 0.717) is 13.0 Å². The molecule has 0 fully saturated rings. The summed E-state index contributed by atoms with van der Waals surface area (Å²) in [7, 11) is 1.63. The van der Waals surface area contributed by atoms with Gasteiger partial charge in [0.2, 0.25) is 0 Å². The predicted molar refractivity (Wildman–Crippen MR) is 64.2 cm³/mol. The van der Waals surface area contributed by atoms with Gasteiger partial charge in [0.15, 0.2) is 0 Å². The van der Waals surface area contributed by atoms with Gasteiger partial charge >= 0.3 is 5.97 Å². The monoisotopic (exact) mass is 287 g/mol. The maximum atomic E-state index is 10.6. The van der Waals surface area contributed by atoms with Crippen LogP contribution in [0.25, 0.3) is 0 Å². The van der Waals surface area contributed by atoms with E-state index in [1.807, 2.05) is 18.2 Å². The Bertz CT molecular complexity index is 381. The molecule has 0 amide bonds. The fourth-order valence-electron chi connectivity index (χ4n) is 1.33. The van der Waals surface area contributed by atoms with Gasteiger partial charge < -0.3 is 15.6 Å². The van der Waals surface area contributed by atoms with Crippen molar-refractivity contribution in [2.24, 2.45) is 5.73 Å². The number of ether oxygens (including phenoxy) is 1. The Hall–Kier alpha value is -0.910. The minimum absolute atomic E-state index is 0.321. The summed E-state index contributed by atoms with van der Waals surface area (Å²) in [6, 6.07) is 4.77. The molecule has 1 atom stereocenters. The molecule has 0 heterocycles. The van der Waals surface area contributed by atoms with E-state index < -0.39 is 12.0 Å². The smallest absolute Gasteiger partial charge is 0.320 e. The molecular weight excluding hydrogens is 274 g/mol. The minimum atomic E-state index is -0.989. The lowest BCUT2D eigenvalue weighted by molar-refractivity contribution is -0.138. The average Bonchev–Trinajstić information content (AvgIpc) is 2.22. The van der Waals surface area contributed by atoms with Crippen LogP contribution < -0.4 is 5.73 Å². The molecule has 0 saturated heterocycles. The average molecular weight is 288 g/mol. The van der Waals surface area contributed by atoms with Crippen LogP contribution in [-0.2, 0) is 22.6 Å². The van der Waals surface area contributed by atoms with Crippen molar-refractivity contribution < 1.29 is 14.6 Å². The molecule has 3 N–H and O–H groups in total. The van der Waals surface area contributed by atoms with Crippen molar-refractivity contribution in [3.8, 4) is 0 Å². The van der Waals surface area contributed by atoms with Crippen LogP contribution in [0.4, 0.5) is 0 Å². The SMILES string of the molecule is COCc1ccc(CC(N)C(=O)O)cc1Br. The number of hydrogen-bond acceptors (Lipinski definition) is 3. The van der Waals surface area contributed by atoms with Crippen LogP contribution in [0.3, 0.4) is 0 Å². The van der Waals surface area contributed by atoms with Crippen LogP contribution in [0.5, 0.6) is 0 Å². The van der Waals surface area contributed by atoms with Crippen LogP contribution in [0.15, 0.2) is 22.7 Å². The fraction of sp³-hybridized carbons (Fsp3) is 0.364. The second-order valence-corrected chi connectivity index (χ2v) is 4.36. The number of carboxylic acids is 1. The number of carbonyl (C=O) groups is 1. The molecule has 1 aromatic rings. The Labute approximate surface area is 103 Å². The van der Waals surface area contributed by atoms with Crippen LogP contribution in [0, 0.1) is 0 Å². The largest absolute Gasteiger partial charge is 0.480 e. The molecule has 4 nitrogen and oxygen atoms in total. The molecule has 1 unspecified atom stereocenters. The topological polar surface area (TPSA) is 72.5 Å². The van der Waals surface area contributed by atoms with E-state index >= 15 is 0 Å². The molecule has 0 saturated carbocycles. The Morgan fingerprint density at radius 1 is 1.62 bits per heavy atom. The number of aliphatic carboxylic acids is 1. The highest BCUT2D eigenvalue weighted by Gasteiger charge is 2.12. The number of methoxy groups -OCH3 is 1. The highest BCUT2D eigenvalue weighted by atomic mass is 79.9. The molecule has 1 aromatic carbocycles. The third-order valence-electron chi connectivity index (χ3n) is 2.19.